The molecule has 1 aliphatic heterocycles. The lowest BCUT2D eigenvalue weighted by atomic mass is 9.74. The first-order valence-electron chi connectivity index (χ1n) is 9.49. The number of hydrogen-bond donors (Lipinski definition) is 1. The third-order valence-electron chi connectivity index (χ3n) is 6.48. The van der Waals surface area contributed by atoms with Gasteiger partial charge in [0.05, 0.1) is 0 Å². The van der Waals surface area contributed by atoms with E-state index in [1.165, 1.54) is 37.7 Å². The highest BCUT2D eigenvalue weighted by Gasteiger charge is 2.42. The fourth-order valence-electron chi connectivity index (χ4n) is 4.99. The fourth-order valence-corrected chi connectivity index (χ4v) is 4.99. The number of benzene rings is 1. The van der Waals surface area contributed by atoms with E-state index >= 15 is 0 Å². The van der Waals surface area contributed by atoms with Gasteiger partial charge in [0.2, 0.25) is 0 Å². The summed E-state index contributed by atoms with van der Waals surface area (Å²) in [6.45, 7) is 7.05. The van der Waals surface area contributed by atoms with Crippen LogP contribution in [0.15, 0.2) is 27.4 Å². The summed E-state index contributed by atoms with van der Waals surface area (Å²) in [5, 5.41) is 1.08. The van der Waals surface area contributed by atoms with Crippen LogP contribution in [0.4, 0.5) is 0 Å². The van der Waals surface area contributed by atoms with Gasteiger partial charge >= 0.3 is 5.63 Å². The number of likely N-dealkylation sites (tertiary alicyclic amines) is 1. The average Bonchev–Trinajstić information content (AvgIpc) is 2.91. The number of aryl methyl sites for hydroxylation is 2. The molecule has 150 valence electrons. The summed E-state index contributed by atoms with van der Waals surface area (Å²) < 4.78 is 5.48. The van der Waals surface area contributed by atoms with Crippen LogP contribution in [-0.2, 0) is 6.54 Å². The van der Waals surface area contributed by atoms with Crippen LogP contribution in [0.25, 0.3) is 11.0 Å². The number of halogens is 2. The molecule has 1 saturated carbocycles. The molecule has 2 fully saturated rings. The van der Waals surface area contributed by atoms with Crippen LogP contribution in [0, 0.1) is 19.3 Å². The van der Waals surface area contributed by atoms with Crippen molar-refractivity contribution >= 4 is 35.8 Å². The maximum atomic E-state index is 12.0. The predicted octanol–water partition coefficient (Wildman–Crippen LogP) is 4.35. The number of piperidine rings is 1. The molecule has 2 heterocycles. The molecule has 1 aliphatic carbocycles. The Bertz CT molecular complexity index is 857. The summed E-state index contributed by atoms with van der Waals surface area (Å²) in [5.74, 6) is 0. The molecule has 4 nitrogen and oxygen atoms in total. The molecule has 1 atom stereocenters. The Morgan fingerprint density at radius 2 is 1.85 bits per heavy atom. The van der Waals surface area contributed by atoms with Crippen LogP contribution < -0.4 is 11.4 Å². The lowest BCUT2D eigenvalue weighted by Crippen LogP contribution is -2.46. The van der Waals surface area contributed by atoms with Crippen molar-refractivity contribution in [1.82, 2.24) is 4.90 Å². The molecule has 27 heavy (non-hydrogen) atoms. The van der Waals surface area contributed by atoms with Gasteiger partial charge in [-0.2, -0.15) is 0 Å². The Morgan fingerprint density at radius 3 is 2.48 bits per heavy atom. The van der Waals surface area contributed by atoms with Crippen molar-refractivity contribution in [3.63, 3.8) is 0 Å². The van der Waals surface area contributed by atoms with E-state index in [1.54, 1.807) is 6.07 Å². The van der Waals surface area contributed by atoms with Gasteiger partial charge in [-0.25, -0.2) is 4.79 Å². The van der Waals surface area contributed by atoms with Crippen molar-refractivity contribution < 1.29 is 4.42 Å². The van der Waals surface area contributed by atoms with Crippen molar-refractivity contribution in [3.8, 4) is 0 Å². The molecule has 1 aromatic carbocycles. The van der Waals surface area contributed by atoms with Crippen LogP contribution in [0.1, 0.15) is 48.8 Å². The van der Waals surface area contributed by atoms with Crippen molar-refractivity contribution in [2.45, 2.75) is 58.5 Å². The monoisotopic (exact) mass is 412 g/mol. The van der Waals surface area contributed by atoms with Crippen LogP contribution in [-0.4, -0.2) is 24.0 Å². The van der Waals surface area contributed by atoms with Crippen molar-refractivity contribution in [1.29, 1.82) is 0 Å². The molecule has 1 spiro atoms. The molecule has 1 unspecified atom stereocenters. The van der Waals surface area contributed by atoms with E-state index in [0.29, 0.717) is 11.5 Å². The van der Waals surface area contributed by atoms with Gasteiger partial charge in [-0.05, 0) is 80.8 Å². The molecular formula is C21H30Cl2N2O2. The number of nitrogens with two attached hydrogens (primary N) is 1. The van der Waals surface area contributed by atoms with Gasteiger partial charge in [-0.3, -0.25) is 4.90 Å². The normalized spacial score (nSPS) is 21.8. The number of rotatable bonds is 2. The maximum Gasteiger partial charge on any atom is 0.336 e. The van der Waals surface area contributed by atoms with Gasteiger partial charge in [-0.15, -0.1) is 24.8 Å². The highest BCUT2D eigenvalue weighted by Crippen LogP contribution is 2.45. The number of hydrogen-bond acceptors (Lipinski definition) is 4. The van der Waals surface area contributed by atoms with Gasteiger partial charge in [0.1, 0.15) is 5.58 Å². The molecule has 4 rings (SSSR count). The molecule has 2 aliphatic rings. The Hall–Kier alpha value is -1.07. The molecule has 0 bridgehead atoms. The van der Waals surface area contributed by atoms with Gasteiger partial charge in [-0.1, -0.05) is 12.5 Å². The summed E-state index contributed by atoms with van der Waals surface area (Å²) in [7, 11) is 0. The molecule has 0 radical (unpaired) electrons. The highest BCUT2D eigenvalue weighted by molar-refractivity contribution is 5.85. The van der Waals surface area contributed by atoms with E-state index in [4.69, 9.17) is 10.2 Å². The van der Waals surface area contributed by atoms with Gasteiger partial charge in [0.25, 0.3) is 0 Å². The quantitative estimate of drug-likeness (QED) is 0.744. The Labute approximate surface area is 173 Å². The van der Waals surface area contributed by atoms with E-state index in [1.807, 2.05) is 6.92 Å². The van der Waals surface area contributed by atoms with Crippen LogP contribution >= 0.6 is 24.8 Å². The topological polar surface area (TPSA) is 59.5 Å². The minimum Gasteiger partial charge on any atom is -0.422 e. The van der Waals surface area contributed by atoms with E-state index in [0.717, 1.165) is 41.7 Å². The molecule has 6 heteroatoms. The maximum absolute atomic E-state index is 12.0. The van der Waals surface area contributed by atoms with Crippen molar-refractivity contribution in [2.75, 3.05) is 13.1 Å². The number of fused-ring (bicyclic) bond motifs is 1. The van der Waals surface area contributed by atoms with E-state index in [2.05, 4.69) is 24.0 Å². The highest BCUT2D eigenvalue weighted by atomic mass is 35.5. The molecule has 1 aromatic heterocycles. The Kier molecular flexibility index (Phi) is 7.01. The molecular weight excluding hydrogens is 383 g/mol. The summed E-state index contributed by atoms with van der Waals surface area (Å²) >= 11 is 0. The number of nitrogens with zero attached hydrogens (tertiary/aromatic N) is 1. The molecule has 0 amide bonds. The van der Waals surface area contributed by atoms with Crippen molar-refractivity contribution in [3.05, 3.63) is 45.3 Å². The van der Waals surface area contributed by atoms with Gasteiger partial charge in [0, 0.05) is 24.0 Å². The Morgan fingerprint density at radius 1 is 1.15 bits per heavy atom. The fraction of sp³-hybridized carbons (Fsp3) is 0.571. The van der Waals surface area contributed by atoms with Crippen molar-refractivity contribution in [2.24, 2.45) is 11.1 Å². The second-order valence-electron chi connectivity index (χ2n) is 8.19. The first kappa shape index (κ1) is 22.2. The van der Waals surface area contributed by atoms with E-state index in [9.17, 15) is 4.79 Å². The first-order valence-corrected chi connectivity index (χ1v) is 9.49. The lowest BCUT2D eigenvalue weighted by Gasteiger charge is -2.42. The predicted molar refractivity (Wildman–Crippen MR) is 115 cm³/mol. The summed E-state index contributed by atoms with van der Waals surface area (Å²) in [5.41, 5.74) is 10.6. The average molecular weight is 413 g/mol. The second kappa shape index (κ2) is 8.52. The zero-order chi connectivity index (χ0) is 17.6. The smallest absolute Gasteiger partial charge is 0.336 e. The third-order valence-corrected chi connectivity index (χ3v) is 6.48. The SMILES string of the molecule is Cc1cc(C)c2oc(=O)cc(CN3CCC4(CCCC4N)CC3)c2c1.Cl.Cl. The first-order chi connectivity index (χ1) is 12.0. The van der Waals surface area contributed by atoms with Crippen LogP contribution in [0.2, 0.25) is 0 Å². The summed E-state index contributed by atoms with van der Waals surface area (Å²) in [4.78, 5) is 14.5. The van der Waals surface area contributed by atoms with Crippen LogP contribution in [0.3, 0.4) is 0 Å². The van der Waals surface area contributed by atoms with E-state index in [-0.39, 0.29) is 30.4 Å². The summed E-state index contributed by atoms with van der Waals surface area (Å²) in [6.07, 6.45) is 6.13. The van der Waals surface area contributed by atoms with Gasteiger partial charge < -0.3 is 10.2 Å². The minimum absolute atomic E-state index is 0. The lowest BCUT2D eigenvalue weighted by molar-refractivity contribution is 0.0907. The van der Waals surface area contributed by atoms with Crippen LogP contribution in [0.5, 0.6) is 0 Å². The molecule has 1 saturated heterocycles. The largest absolute Gasteiger partial charge is 0.422 e. The molecule has 2 N–H and O–H groups in total. The standard InChI is InChI=1S/C21H28N2O2.2ClH/c1-14-10-15(2)20-17(11-14)16(12-19(24)25-20)13-23-8-6-21(7-9-23)5-3-4-18(21)22;;/h10-12,18H,3-9,13,22H2,1-2H3;2*1H. The third kappa shape index (κ3) is 4.19. The zero-order valence-electron chi connectivity index (χ0n) is 16.1. The molecule has 2 aromatic rings. The zero-order valence-corrected chi connectivity index (χ0v) is 17.8. The Balaban J connectivity index is 0.00000131. The van der Waals surface area contributed by atoms with E-state index < -0.39 is 0 Å². The van der Waals surface area contributed by atoms with Gasteiger partial charge in [0.15, 0.2) is 0 Å². The minimum atomic E-state index is -0.249. The second-order valence-corrected chi connectivity index (χ2v) is 8.19. The summed E-state index contributed by atoms with van der Waals surface area (Å²) in [6, 6.07) is 6.26.